The van der Waals surface area contributed by atoms with Crippen LogP contribution in [0.25, 0.3) is 0 Å². The summed E-state index contributed by atoms with van der Waals surface area (Å²) in [6, 6.07) is 7.87. The van der Waals surface area contributed by atoms with Gasteiger partial charge in [-0.25, -0.2) is 0 Å². The zero-order valence-corrected chi connectivity index (χ0v) is 13.9. The number of ketones is 1. The number of carbonyl (C=O) groups excluding carboxylic acids is 1. The van der Waals surface area contributed by atoms with Crippen molar-refractivity contribution in [2.24, 2.45) is 5.41 Å². The maximum absolute atomic E-state index is 12.2. The van der Waals surface area contributed by atoms with Gasteiger partial charge in [0.2, 0.25) is 0 Å². The van der Waals surface area contributed by atoms with Crippen LogP contribution in [-0.2, 0) is 0 Å². The fourth-order valence-electron chi connectivity index (χ4n) is 2.53. The molecule has 0 spiro atoms. The molecule has 0 saturated carbocycles. The van der Waals surface area contributed by atoms with Crippen molar-refractivity contribution in [3.05, 3.63) is 33.4 Å². The molecule has 1 saturated heterocycles. The van der Waals surface area contributed by atoms with E-state index >= 15 is 0 Å². The Morgan fingerprint density at radius 1 is 1.26 bits per heavy atom. The van der Waals surface area contributed by atoms with Crippen LogP contribution in [0.5, 0.6) is 0 Å². The number of piperidine rings is 1. The molecule has 1 aromatic rings. The molecular weight excluding hydrogens is 349 g/mol. The van der Waals surface area contributed by atoms with Gasteiger partial charge in [-0.15, -0.1) is 0 Å². The SMILES string of the molecule is CCC1(C)CCN(CC(=O)c2ccc(I)cc2)CC1. The number of nitrogens with zero attached hydrogens (tertiary/aromatic N) is 1. The smallest absolute Gasteiger partial charge is 0.176 e. The first-order valence-electron chi connectivity index (χ1n) is 7.03. The first kappa shape index (κ1) is 15.0. The average molecular weight is 371 g/mol. The van der Waals surface area contributed by atoms with Crippen LogP contribution < -0.4 is 0 Å². The maximum atomic E-state index is 12.2. The summed E-state index contributed by atoms with van der Waals surface area (Å²) < 4.78 is 1.17. The topological polar surface area (TPSA) is 20.3 Å². The molecule has 2 nitrogen and oxygen atoms in total. The second kappa shape index (κ2) is 6.35. The third-order valence-corrected chi connectivity index (χ3v) is 5.17. The largest absolute Gasteiger partial charge is 0.296 e. The highest BCUT2D eigenvalue weighted by atomic mass is 127. The van der Waals surface area contributed by atoms with Gasteiger partial charge in [0.25, 0.3) is 0 Å². The number of Topliss-reactive ketones (excluding diaryl/α,β-unsaturated/α-hetero) is 1. The van der Waals surface area contributed by atoms with Crippen molar-refractivity contribution >= 4 is 28.4 Å². The van der Waals surface area contributed by atoms with Crippen molar-refractivity contribution in [1.29, 1.82) is 0 Å². The monoisotopic (exact) mass is 371 g/mol. The number of hydrogen-bond acceptors (Lipinski definition) is 2. The molecule has 104 valence electrons. The minimum atomic E-state index is 0.247. The molecular formula is C16H22INO. The number of rotatable bonds is 4. The average Bonchev–Trinajstić information content (AvgIpc) is 2.42. The van der Waals surface area contributed by atoms with Gasteiger partial charge < -0.3 is 0 Å². The Morgan fingerprint density at radius 3 is 2.37 bits per heavy atom. The lowest BCUT2D eigenvalue weighted by Crippen LogP contribution is -2.40. The Labute approximate surface area is 129 Å². The van der Waals surface area contributed by atoms with E-state index < -0.39 is 0 Å². The number of halogens is 1. The molecule has 1 aliphatic rings. The van der Waals surface area contributed by atoms with Crippen molar-refractivity contribution in [2.75, 3.05) is 19.6 Å². The van der Waals surface area contributed by atoms with Crippen LogP contribution in [0.1, 0.15) is 43.5 Å². The van der Waals surface area contributed by atoms with Crippen LogP contribution in [0.15, 0.2) is 24.3 Å². The van der Waals surface area contributed by atoms with E-state index in [2.05, 4.69) is 41.3 Å². The minimum absolute atomic E-state index is 0.247. The zero-order valence-electron chi connectivity index (χ0n) is 11.8. The molecule has 1 aliphatic heterocycles. The molecule has 0 radical (unpaired) electrons. The summed E-state index contributed by atoms with van der Waals surface area (Å²) in [7, 11) is 0. The quantitative estimate of drug-likeness (QED) is 0.589. The van der Waals surface area contributed by atoms with Gasteiger partial charge in [0.1, 0.15) is 0 Å². The molecule has 19 heavy (non-hydrogen) atoms. The third kappa shape index (κ3) is 4.02. The van der Waals surface area contributed by atoms with E-state index in [9.17, 15) is 4.79 Å². The molecule has 0 aromatic heterocycles. The van der Waals surface area contributed by atoms with Gasteiger partial charge in [-0.1, -0.05) is 32.4 Å². The van der Waals surface area contributed by atoms with Gasteiger partial charge in [-0.3, -0.25) is 9.69 Å². The van der Waals surface area contributed by atoms with Gasteiger partial charge in [0, 0.05) is 9.13 Å². The fraction of sp³-hybridized carbons (Fsp3) is 0.562. The molecule has 0 N–H and O–H groups in total. The van der Waals surface area contributed by atoms with E-state index in [0.29, 0.717) is 12.0 Å². The Hall–Kier alpha value is -0.420. The summed E-state index contributed by atoms with van der Waals surface area (Å²) in [6.45, 7) is 7.32. The number of hydrogen-bond donors (Lipinski definition) is 0. The van der Waals surface area contributed by atoms with Crippen molar-refractivity contribution in [3.8, 4) is 0 Å². The van der Waals surface area contributed by atoms with Crippen LogP contribution in [-0.4, -0.2) is 30.3 Å². The second-order valence-corrected chi connectivity index (χ2v) is 7.12. The predicted molar refractivity (Wildman–Crippen MR) is 87.6 cm³/mol. The Morgan fingerprint density at radius 2 is 1.84 bits per heavy atom. The van der Waals surface area contributed by atoms with Gasteiger partial charge in [-0.05, 0) is 66.1 Å². The normalized spacial score (nSPS) is 19.3. The Balaban J connectivity index is 1.89. The van der Waals surface area contributed by atoms with Gasteiger partial charge >= 0.3 is 0 Å². The molecule has 0 unspecified atom stereocenters. The van der Waals surface area contributed by atoms with Crippen LogP contribution in [0, 0.1) is 8.99 Å². The van der Waals surface area contributed by atoms with Gasteiger partial charge in [0.15, 0.2) is 5.78 Å². The summed E-state index contributed by atoms with van der Waals surface area (Å²) in [5, 5.41) is 0. The van der Waals surface area contributed by atoms with E-state index in [1.165, 1.54) is 22.8 Å². The summed E-state index contributed by atoms with van der Waals surface area (Å²) in [5.74, 6) is 0.247. The summed E-state index contributed by atoms with van der Waals surface area (Å²) in [4.78, 5) is 14.5. The lowest BCUT2D eigenvalue weighted by molar-refractivity contribution is 0.0813. The van der Waals surface area contributed by atoms with Crippen molar-refractivity contribution in [2.45, 2.75) is 33.1 Å². The first-order chi connectivity index (χ1) is 9.02. The summed E-state index contributed by atoms with van der Waals surface area (Å²) in [6.07, 6.45) is 3.67. The van der Waals surface area contributed by atoms with Crippen molar-refractivity contribution in [3.63, 3.8) is 0 Å². The Kier molecular flexibility index (Phi) is 5.01. The van der Waals surface area contributed by atoms with Gasteiger partial charge in [-0.2, -0.15) is 0 Å². The highest BCUT2D eigenvalue weighted by molar-refractivity contribution is 14.1. The number of carbonyl (C=O) groups is 1. The fourth-order valence-corrected chi connectivity index (χ4v) is 2.89. The maximum Gasteiger partial charge on any atom is 0.176 e. The molecule has 0 amide bonds. The van der Waals surface area contributed by atoms with Crippen LogP contribution in [0.4, 0.5) is 0 Å². The molecule has 3 heteroatoms. The predicted octanol–water partition coefficient (Wildman–Crippen LogP) is 3.99. The van der Waals surface area contributed by atoms with Crippen LogP contribution in [0.3, 0.4) is 0 Å². The summed E-state index contributed by atoms with van der Waals surface area (Å²) >= 11 is 2.26. The Bertz CT molecular complexity index is 433. The molecule has 1 aromatic carbocycles. The standard InChI is InChI=1S/C16H22INO/c1-3-16(2)8-10-18(11-9-16)12-15(19)13-4-6-14(17)7-5-13/h4-7H,3,8-12H2,1-2H3. The lowest BCUT2D eigenvalue weighted by atomic mass is 9.78. The van der Waals surface area contributed by atoms with Gasteiger partial charge in [0.05, 0.1) is 6.54 Å². The zero-order chi connectivity index (χ0) is 13.9. The number of benzene rings is 1. The lowest BCUT2D eigenvalue weighted by Gasteiger charge is -2.38. The van der Waals surface area contributed by atoms with Crippen molar-refractivity contribution < 1.29 is 4.79 Å². The second-order valence-electron chi connectivity index (χ2n) is 5.87. The summed E-state index contributed by atoms with van der Waals surface area (Å²) in [5.41, 5.74) is 1.33. The van der Waals surface area contributed by atoms with E-state index in [1.54, 1.807) is 0 Å². The van der Waals surface area contributed by atoms with E-state index in [4.69, 9.17) is 0 Å². The third-order valence-electron chi connectivity index (χ3n) is 4.45. The minimum Gasteiger partial charge on any atom is -0.296 e. The molecule has 0 aliphatic carbocycles. The van der Waals surface area contributed by atoms with E-state index in [-0.39, 0.29) is 5.78 Å². The molecule has 0 bridgehead atoms. The highest BCUT2D eigenvalue weighted by Gasteiger charge is 2.28. The first-order valence-corrected chi connectivity index (χ1v) is 8.11. The van der Waals surface area contributed by atoms with Crippen LogP contribution >= 0.6 is 22.6 Å². The number of likely N-dealkylation sites (tertiary alicyclic amines) is 1. The van der Waals surface area contributed by atoms with Crippen LogP contribution in [0.2, 0.25) is 0 Å². The molecule has 1 fully saturated rings. The highest BCUT2D eigenvalue weighted by Crippen LogP contribution is 2.33. The molecule has 1 heterocycles. The van der Waals surface area contributed by atoms with E-state index in [0.717, 1.165) is 18.7 Å². The molecule has 0 atom stereocenters. The van der Waals surface area contributed by atoms with E-state index in [1.807, 2.05) is 24.3 Å². The molecule has 2 rings (SSSR count). The van der Waals surface area contributed by atoms with Crippen molar-refractivity contribution in [1.82, 2.24) is 4.90 Å².